The number of amidine groups is 3. The number of piperazine rings is 3. The number of benzene rings is 9. The van der Waals surface area contributed by atoms with Gasteiger partial charge in [0, 0.05) is 202 Å². The summed E-state index contributed by atoms with van der Waals surface area (Å²) >= 11 is 0. The van der Waals surface area contributed by atoms with Crippen molar-refractivity contribution in [2.75, 3.05) is 147 Å². The molecule has 3 N–H and O–H groups in total. The van der Waals surface area contributed by atoms with Crippen molar-refractivity contribution in [1.29, 1.82) is 0 Å². The Bertz CT molecular complexity index is 6940. The number of ether oxygens (including phenoxy) is 3. The van der Waals surface area contributed by atoms with Crippen LogP contribution in [0, 0.1) is 52.7 Å². The number of fused-ring (bicyclic) bond motifs is 3. The maximum absolute atomic E-state index is 14.2. The van der Waals surface area contributed by atoms with Gasteiger partial charge in [-0.3, -0.25) is 29.4 Å². The van der Waals surface area contributed by atoms with Gasteiger partial charge in [-0.1, -0.05) is 36.4 Å². The molecule has 9 heterocycles. The Hall–Kier alpha value is -10.9. The molecular formula is C101H112F6N12O6. The smallest absolute Gasteiger partial charge is 0.257 e. The summed E-state index contributed by atoms with van der Waals surface area (Å²) in [4.78, 5) is 62.6. The topological polar surface area (TPSA) is 172 Å². The third-order valence-corrected chi connectivity index (χ3v) is 22.6. The zero-order valence-corrected chi connectivity index (χ0v) is 68.8. The van der Waals surface area contributed by atoms with Gasteiger partial charge in [-0.25, -0.2) is 26.3 Å². The molecule has 0 spiro atoms. The Balaban J connectivity index is 0.000000165. The van der Waals surface area contributed by atoms with Crippen molar-refractivity contribution < 1.29 is 96.1 Å². The Labute approximate surface area is 771 Å². The number of amides is 3. The van der Waals surface area contributed by atoms with Crippen molar-refractivity contribution in [3.63, 3.8) is 0 Å². The number of hydrogen-bond donors (Lipinski definition) is 3. The molecule has 0 radical (unpaired) electrons. The molecule has 654 valence electrons. The van der Waals surface area contributed by atoms with E-state index in [1.165, 1.54) is 35.2 Å². The Morgan fingerprint density at radius 2 is 0.832 bits per heavy atom. The van der Waals surface area contributed by atoms with Crippen molar-refractivity contribution in [2.24, 2.45) is 32.7 Å². The maximum atomic E-state index is 14.2. The quantitative estimate of drug-likeness (QED) is 0.0696. The summed E-state index contributed by atoms with van der Waals surface area (Å²) in [7, 11) is 1.98. The lowest BCUT2D eigenvalue weighted by Crippen LogP contribution is -2.44. The van der Waals surface area contributed by atoms with Gasteiger partial charge >= 0.3 is 0 Å². The summed E-state index contributed by atoms with van der Waals surface area (Å²) in [5, 5.41) is 8.30. The first-order valence-electron chi connectivity index (χ1n) is 56.3. The van der Waals surface area contributed by atoms with Crippen molar-refractivity contribution in [2.45, 2.75) is 116 Å². The van der Waals surface area contributed by atoms with E-state index in [1.54, 1.807) is 36.4 Å². The number of likely N-dealkylation sites (N-methyl/N-ethyl adjacent to an activating group) is 3. The molecule has 0 aliphatic carbocycles. The number of rotatable bonds is 18. The first-order chi connectivity index (χ1) is 72.0. The van der Waals surface area contributed by atoms with Gasteiger partial charge in [0.15, 0.2) is 0 Å². The molecule has 6 fully saturated rings. The largest absolute Gasteiger partial charge is 0.381 e. The summed E-state index contributed by atoms with van der Waals surface area (Å²) < 4.78 is 353. The minimum atomic E-state index is -3.77. The van der Waals surface area contributed by atoms with Crippen LogP contribution in [0.15, 0.2) is 179 Å². The maximum Gasteiger partial charge on any atom is 0.257 e. The molecule has 3 amide bonds. The second-order valence-electron chi connectivity index (χ2n) is 32.5. The van der Waals surface area contributed by atoms with Gasteiger partial charge in [0.2, 0.25) is 0 Å². The lowest BCUT2D eigenvalue weighted by atomic mass is 9.83. The molecule has 1 unspecified atom stereocenters. The number of halogens is 6. The van der Waals surface area contributed by atoms with Crippen LogP contribution in [0.1, 0.15) is 208 Å². The predicted molar refractivity (Wildman–Crippen MR) is 479 cm³/mol. The fourth-order valence-corrected chi connectivity index (χ4v) is 16.2. The van der Waals surface area contributed by atoms with E-state index in [-0.39, 0.29) is 159 Å². The lowest BCUT2D eigenvalue weighted by molar-refractivity contribution is -0.0721. The van der Waals surface area contributed by atoms with Crippen LogP contribution in [-0.4, -0.2) is 188 Å². The highest BCUT2D eigenvalue weighted by Gasteiger charge is 2.33. The number of carbonyl (C=O) groups is 3. The van der Waals surface area contributed by atoms with Crippen LogP contribution in [0.2, 0.25) is 0 Å². The molecular weight excluding hydrogens is 1590 g/mol. The Kier molecular flexibility index (Phi) is 18.4. The molecule has 0 bridgehead atoms. The first kappa shape index (κ1) is 57.7. The van der Waals surface area contributed by atoms with Gasteiger partial charge < -0.3 is 59.6 Å². The van der Waals surface area contributed by atoms with Gasteiger partial charge in [0.25, 0.3) is 17.7 Å². The third kappa shape index (κ3) is 22.7. The minimum Gasteiger partial charge on any atom is -0.381 e. The summed E-state index contributed by atoms with van der Waals surface area (Å²) in [6, 6.07) is 27.2. The second kappa shape index (κ2) is 39.8. The number of aliphatic imine (C=N–C) groups is 3. The monoisotopic (exact) mass is 1730 g/mol. The minimum absolute atomic E-state index is 0.00152. The normalized spacial score (nSPS) is 25.5. The highest BCUT2D eigenvalue weighted by molar-refractivity contribution is 6.16. The van der Waals surface area contributed by atoms with Crippen molar-refractivity contribution >= 4 is 52.3 Å². The van der Waals surface area contributed by atoms with Crippen LogP contribution < -0.4 is 30.7 Å². The lowest BCUT2D eigenvalue weighted by Gasteiger charge is -2.36. The van der Waals surface area contributed by atoms with E-state index in [0.29, 0.717) is 149 Å². The summed E-state index contributed by atoms with van der Waals surface area (Å²) in [5.41, 5.74) is 3.17. The van der Waals surface area contributed by atoms with E-state index in [0.717, 1.165) is 53.7 Å². The summed E-state index contributed by atoms with van der Waals surface area (Å²) in [5.74, 6) is -8.28. The average Bonchev–Trinajstić information content (AvgIpc) is 0.959. The zero-order chi connectivity index (χ0) is 113. The van der Waals surface area contributed by atoms with Gasteiger partial charge in [-0.15, -0.1) is 0 Å². The molecule has 18 rings (SSSR count). The molecule has 24 heteroatoms. The fourth-order valence-electron chi connectivity index (χ4n) is 16.2. The molecule has 0 aromatic heterocycles. The van der Waals surface area contributed by atoms with Gasteiger partial charge in [0.1, 0.15) is 52.4 Å². The van der Waals surface area contributed by atoms with E-state index in [1.807, 2.05) is 37.9 Å². The molecule has 9 aromatic carbocycles. The van der Waals surface area contributed by atoms with E-state index in [2.05, 4.69) is 40.7 Å². The van der Waals surface area contributed by atoms with E-state index in [4.69, 9.17) is 52.6 Å². The summed E-state index contributed by atoms with van der Waals surface area (Å²) in [6.07, 6.45) is -5.25. The molecule has 18 nitrogen and oxygen atoms in total. The Morgan fingerprint density at radius 1 is 0.432 bits per heavy atom. The molecule has 1 atom stereocenters. The van der Waals surface area contributed by atoms with Gasteiger partial charge in [-0.05, 0) is 305 Å². The predicted octanol–water partition coefficient (Wildman–Crippen LogP) is 15.7. The molecule has 9 aromatic rings. The molecule has 0 saturated carbocycles. The molecule has 9 aliphatic heterocycles. The SMILES string of the molecule is [2H]C1([2H])CC(Cc2cc(N3CCN(C([2H])([2H])[2H])CC3)ccc2C(=O)NC2=NCc3ccc(C([2H])([2H])c4cc(F)cc(F)c4)cc32)CC(C)(C)O1.[2H]c1cc(C(=O)NC2=NCc3ccc(C([2H])([2H])c4cc(F)cc(F)c4)cc32)c(CC2CC([2H])([2H])OC([2H])([2H])C2)c([2H])c1N1CCN(C)CC1.[2H]c1cc(C(=O)NC2=NCc3ccc(C([2H])([2H])c4cc(F)cc(F)c4)cc32)c(CC2CCOCC2)c([2H])c1N1C([2H])([2H])C([2H])([2H])N(C([2H])([2H])[2H])C([2H])([2H])C1([2H])[2H]. The van der Waals surface area contributed by atoms with Crippen LogP contribution in [0.5, 0.6) is 0 Å². The van der Waals surface area contributed by atoms with Crippen LogP contribution in [-0.2, 0) is 72.2 Å². The number of nitrogens with zero attached hydrogens (tertiary/aromatic N) is 9. The molecule has 125 heavy (non-hydrogen) atoms. The van der Waals surface area contributed by atoms with Crippen molar-refractivity contribution in [3.8, 4) is 0 Å². The Morgan fingerprint density at radius 3 is 1.27 bits per heavy atom. The van der Waals surface area contributed by atoms with E-state index in [9.17, 15) is 43.5 Å². The second-order valence-corrected chi connectivity index (χ2v) is 32.5. The highest BCUT2D eigenvalue weighted by Crippen LogP contribution is 2.36. The average molecular weight is 1730 g/mol. The van der Waals surface area contributed by atoms with Crippen LogP contribution >= 0.6 is 0 Å². The van der Waals surface area contributed by atoms with Crippen LogP contribution in [0.3, 0.4) is 0 Å². The van der Waals surface area contributed by atoms with Crippen molar-refractivity contribution in [1.82, 2.24) is 30.7 Å². The molecule has 9 aliphatic rings. The van der Waals surface area contributed by atoms with E-state index >= 15 is 0 Å². The van der Waals surface area contributed by atoms with Gasteiger partial charge in [-0.2, -0.15) is 0 Å². The zero-order valence-electron chi connectivity index (χ0n) is 98.8. The van der Waals surface area contributed by atoms with Crippen LogP contribution in [0.4, 0.5) is 43.4 Å². The fraction of sp³-hybridized carbons (Fsp3) is 0.406. The number of hydrogen-bond acceptors (Lipinski definition) is 15. The summed E-state index contributed by atoms with van der Waals surface area (Å²) in [6.45, 7) is -18.1. The molecule has 6 saturated heterocycles. The highest BCUT2D eigenvalue weighted by atomic mass is 19.2. The van der Waals surface area contributed by atoms with Crippen molar-refractivity contribution in [3.05, 3.63) is 299 Å². The third-order valence-electron chi connectivity index (χ3n) is 22.6. The van der Waals surface area contributed by atoms with Crippen LogP contribution in [0.25, 0.3) is 0 Å². The standard InChI is InChI=1S/C35H40F2N4O2.2C33H36F2N4O2/c1-35(2)21-24(8-13-43-35)15-27-19-30(41-11-9-40(3)10-12-41)6-7-31(27)34(42)39-33-32-18-23(4-5-26(32)22-38-33)14-25-16-28(36)20-29(37)17-25;2*1-38-8-10-39(11-9-38)29-4-5-30(26(19-29)15-22-6-12-41-13-7-22)33(40)37-32-31-18-23(2-3-25(31)21-36-32)14-24-16-27(34)20-28(35)17-24/h4-7,16-20,24H,8-15,21-22H2,1-3H3,(H,38,39,42);2*2-5,16-20,22H,6-15,21H2,1H3,(H,36,37,40)/i3D3,13D2,14D2;1D3,4D,8D2,9D2,10D2,11D2,14D2,19D;4D,12D2,13D2,14D2,19D. The number of carbonyl (C=O) groups excluding carboxylic acids is 3. The number of nitrogens with one attached hydrogen (secondary N) is 3. The van der Waals surface area contributed by atoms with Gasteiger partial charge in [0.05, 0.1) is 44.4 Å². The van der Waals surface area contributed by atoms with E-state index < -0.39 is 166 Å². The first-order valence-corrected chi connectivity index (χ1v) is 41.3. The number of anilines is 3.